The fourth-order valence-corrected chi connectivity index (χ4v) is 1.70. The van der Waals surface area contributed by atoms with E-state index in [-0.39, 0.29) is 35.3 Å². The third-order valence-electron chi connectivity index (χ3n) is 2.05. The zero-order valence-corrected chi connectivity index (χ0v) is 12.3. The van der Waals surface area contributed by atoms with Crippen LogP contribution in [0.3, 0.4) is 0 Å². The maximum Gasteiger partial charge on any atom is 0.343 e. The van der Waals surface area contributed by atoms with E-state index in [4.69, 9.17) is 32.7 Å². The van der Waals surface area contributed by atoms with Gasteiger partial charge in [-0.1, -0.05) is 23.2 Å². The maximum absolute atomic E-state index is 11.8. The van der Waals surface area contributed by atoms with Gasteiger partial charge in [0.05, 0.1) is 17.2 Å². The average Bonchev–Trinajstić information content (AvgIpc) is 2.31. The van der Waals surface area contributed by atoms with Gasteiger partial charge in [0.25, 0.3) is 0 Å². The van der Waals surface area contributed by atoms with Crippen LogP contribution in [0.15, 0.2) is 12.1 Å². The first-order valence-electron chi connectivity index (χ1n) is 4.95. The number of carbonyl (C=O) groups is 1. The van der Waals surface area contributed by atoms with Crippen LogP contribution < -0.4 is 10.1 Å². The van der Waals surface area contributed by atoms with E-state index >= 15 is 0 Å². The SMILES string of the molecule is CNCCOC(=O)c1c(Cl)ccc(Cl)c1OC.Cl. The number of hydrogen-bond donors (Lipinski definition) is 1. The summed E-state index contributed by atoms with van der Waals surface area (Å²) in [6.45, 7) is 0.813. The third kappa shape index (κ3) is 4.21. The van der Waals surface area contributed by atoms with E-state index in [0.29, 0.717) is 11.6 Å². The van der Waals surface area contributed by atoms with E-state index in [2.05, 4.69) is 5.32 Å². The molecule has 0 aliphatic carbocycles. The fourth-order valence-electron chi connectivity index (χ4n) is 1.24. The molecule has 18 heavy (non-hydrogen) atoms. The lowest BCUT2D eigenvalue weighted by Crippen LogP contribution is -2.18. The van der Waals surface area contributed by atoms with Crippen molar-refractivity contribution in [1.29, 1.82) is 0 Å². The molecule has 0 amide bonds. The Kier molecular flexibility index (Phi) is 8.11. The van der Waals surface area contributed by atoms with Crippen LogP contribution in [0.2, 0.25) is 10.0 Å². The standard InChI is InChI=1S/C11H13Cl2NO3.ClH/c1-14-5-6-17-11(15)9-7(12)3-4-8(13)10(9)16-2;/h3-4,14H,5-6H2,1-2H3;1H. The molecule has 1 N–H and O–H groups in total. The number of ether oxygens (including phenoxy) is 2. The van der Waals surface area contributed by atoms with E-state index < -0.39 is 5.97 Å². The van der Waals surface area contributed by atoms with E-state index in [1.807, 2.05) is 0 Å². The van der Waals surface area contributed by atoms with Crippen molar-refractivity contribution in [3.63, 3.8) is 0 Å². The number of halogens is 3. The Bertz CT molecular complexity index is 413. The van der Waals surface area contributed by atoms with Crippen molar-refractivity contribution in [2.75, 3.05) is 27.3 Å². The zero-order valence-electron chi connectivity index (χ0n) is 9.96. The molecule has 0 bridgehead atoms. The Morgan fingerprint density at radius 3 is 2.50 bits per heavy atom. The molecule has 1 rings (SSSR count). The Hall–Kier alpha value is -0.680. The predicted octanol–water partition coefficient (Wildman–Crippen LogP) is 2.80. The Morgan fingerprint density at radius 1 is 1.33 bits per heavy atom. The highest BCUT2D eigenvalue weighted by molar-refractivity contribution is 6.37. The number of nitrogens with one attached hydrogen (secondary N) is 1. The van der Waals surface area contributed by atoms with Crippen LogP contribution >= 0.6 is 35.6 Å². The number of rotatable bonds is 5. The van der Waals surface area contributed by atoms with Crippen LogP contribution in [-0.2, 0) is 4.74 Å². The molecule has 0 saturated heterocycles. The van der Waals surface area contributed by atoms with Crippen molar-refractivity contribution in [3.05, 3.63) is 27.7 Å². The first-order valence-corrected chi connectivity index (χ1v) is 5.71. The lowest BCUT2D eigenvalue weighted by Gasteiger charge is -2.11. The van der Waals surface area contributed by atoms with Crippen LogP contribution in [0.4, 0.5) is 0 Å². The molecule has 0 unspecified atom stereocenters. The molecule has 0 aliphatic rings. The zero-order chi connectivity index (χ0) is 12.8. The van der Waals surface area contributed by atoms with Gasteiger partial charge in [0.15, 0.2) is 5.75 Å². The summed E-state index contributed by atoms with van der Waals surface area (Å²) in [7, 11) is 3.18. The quantitative estimate of drug-likeness (QED) is 0.670. The normalized spacial score (nSPS) is 9.56. The second kappa shape index (κ2) is 8.43. The summed E-state index contributed by atoms with van der Waals surface area (Å²) >= 11 is 11.8. The smallest absolute Gasteiger partial charge is 0.343 e. The van der Waals surface area contributed by atoms with Crippen molar-refractivity contribution < 1.29 is 14.3 Å². The minimum absolute atomic E-state index is 0. The molecule has 0 aromatic heterocycles. The van der Waals surface area contributed by atoms with E-state index in [1.165, 1.54) is 13.2 Å². The van der Waals surface area contributed by atoms with Crippen molar-refractivity contribution in [3.8, 4) is 5.75 Å². The molecule has 0 heterocycles. The summed E-state index contributed by atoms with van der Waals surface area (Å²) in [4.78, 5) is 11.8. The van der Waals surface area contributed by atoms with Crippen LogP contribution in [0, 0.1) is 0 Å². The highest BCUT2D eigenvalue weighted by Crippen LogP contribution is 2.34. The van der Waals surface area contributed by atoms with Crippen molar-refractivity contribution in [2.24, 2.45) is 0 Å². The number of likely N-dealkylation sites (N-methyl/N-ethyl adjacent to an activating group) is 1. The molecule has 1 aromatic rings. The summed E-state index contributed by atoms with van der Waals surface area (Å²) in [6, 6.07) is 3.09. The van der Waals surface area contributed by atoms with Gasteiger partial charge in [-0.25, -0.2) is 4.79 Å². The summed E-state index contributed by atoms with van der Waals surface area (Å²) in [6.07, 6.45) is 0. The maximum atomic E-state index is 11.8. The number of benzene rings is 1. The molecular formula is C11H14Cl3NO3. The van der Waals surface area contributed by atoms with Crippen LogP contribution in [0.1, 0.15) is 10.4 Å². The monoisotopic (exact) mass is 313 g/mol. The molecule has 102 valence electrons. The Balaban J connectivity index is 0.00000289. The van der Waals surface area contributed by atoms with E-state index in [9.17, 15) is 4.79 Å². The Morgan fingerprint density at radius 2 is 1.94 bits per heavy atom. The average molecular weight is 315 g/mol. The molecule has 0 saturated carbocycles. The fraction of sp³-hybridized carbons (Fsp3) is 0.364. The summed E-state index contributed by atoms with van der Waals surface area (Å²) in [5.74, 6) is -0.321. The lowest BCUT2D eigenvalue weighted by molar-refractivity contribution is 0.0507. The topological polar surface area (TPSA) is 47.6 Å². The highest BCUT2D eigenvalue weighted by Gasteiger charge is 2.20. The minimum atomic E-state index is -0.551. The van der Waals surface area contributed by atoms with Crippen LogP contribution in [-0.4, -0.2) is 33.3 Å². The number of carbonyl (C=O) groups excluding carboxylic acids is 1. The van der Waals surface area contributed by atoms with Gasteiger partial charge in [0.1, 0.15) is 12.2 Å². The summed E-state index contributed by atoms with van der Waals surface area (Å²) in [5.41, 5.74) is 0.151. The third-order valence-corrected chi connectivity index (χ3v) is 2.66. The van der Waals surface area contributed by atoms with Gasteiger partial charge in [-0.05, 0) is 19.2 Å². The number of esters is 1. The van der Waals surface area contributed by atoms with Gasteiger partial charge < -0.3 is 14.8 Å². The molecule has 0 spiro atoms. The van der Waals surface area contributed by atoms with Crippen LogP contribution in [0.5, 0.6) is 5.75 Å². The van der Waals surface area contributed by atoms with Gasteiger partial charge in [-0.3, -0.25) is 0 Å². The summed E-state index contributed by atoms with van der Waals surface area (Å²) in [5, 5.41) is 3.43. The molecular weight excluding hydrogens is 300 g/mol. The van der Waals surface area contributed by atoms with Crippen molar-refractivity contribution >= 4 is 41.6 Å². The Labute approximate surface area is 122 Å². The summed E-state index contributed by atoms with van der Waals surface area (Å²) < 4.78 is 10.1. The van der Waals surface area contributed by atoms with Gasteiger partial charge in [-0.2, -0.15) is 0 Å². The van der Waals surface area contributed by atoms with Crippen molar-refractivity contribution in [1.82, 2.24) is 5.32 Å². The van der Waals surface area contributed by atoms with E-state index in [1.54, 1.807) is 13.1 Å². The van der Waals surface area contributed by atoms with Gasteiger partial charge >= 0.3 is 5.97 Å². The van der Waals surface area contributed by atoms with E-state index in [0.717, 1.165) is 0 Å². The van der Waals surface area contributed by atoms with Crippen molar-refractivity contribution in [2.45, 2.75) is 0 Å². The number of hydrogen-bond acceptors (Lipinski definition) is 4. The highest BCUT2D eigenvalue weighted by atomic mass is 35.5. The van der Waals surface area contributed by atoms with Crippen LogP contribution in [0.25, 0.3) is 0 Å². The molecule has 7 heteroatoms. The minimum Gasteiger partial charge on any atom is -0.494 e. The second-order valence-corrected chi connectivity index (χ2v) is 3.99. The molecule has 4 nitrogen and oxygen atoms in total. The first-order chi connectivity index (χ1) is 8.11. The van der Waals surface area contributed by atoms with Gasteiger partial charge in [-0.15, -0.1) is 12.4 Å². The number of methoxy groups -OCH3 is 1. The second-order valence-electron chi connectivity index (χ2n) is 3.18. The first kappa shape index (κ1) is 17.3. The largest absolute Gasteiger partial charge is 0.494 e. The molecule has 1 aromatic carbocycles. The van der Waals surface area contributed by atoms with Gasteiger partial charge in [0.2, 0.25) is 0 Å². The van der Waals surface area contributed by atoms with Gasteiger partial charge in [0, 0.05) is 6.54 Å². The predicted molar refractivity (Wildman–Crippen MR) is 74.5 cm³/mol. The lowest BCUT2D eigenvalue weighted by atomic mass is 10.2. The molecule has 0 radical (unpaired) electrons. The molecule has 0 atom stereocenters. The molecule has 0 aliphatic heterocycles. The molecule has 0 fully saturated rings.